The van der Waals surface area contributed by atoms with E-state index in [-0.39, 0.29) is 24.0 Å². The van der Waals surface area contributed by atoms with Gasteiger partial charge in [-0.2, -0.15) is 13.2 Å². The quantitative estimate of drug-likeness (QED) is 0.425. The first kappa shape index (κ1) is 24.7. The van der Waals surface area contributed by atoms with E-state index in [0.29, 0.717) is 35.0 Å². The van der Waals surface area contributed by atoms with Crippen LogP contribution in [0.1, 0.15) is 16.7 Å². The average molecular weight is 503 g/mol. The molecule has 3 aromatic rings. The van der Waals surface area contributed by atoms with Crippen molar-refractivity contribution in [3.05, 3.63) is 65.4 Å². The van der Waals surface area contributed by atoms with Gasteiger partial charge in [-0.05, 0) is 30.7 Å². The molecule has 1 aliphatic rings. The molecule has 0 saturated carbocycles. The van der Waals surface area contributed by atoms with Gasteiger partial charge in [0.15, 0.2) is 0 Å². The number of halogens is 4. The minimum atomic E-state index is -4.64. The standard InChI is InChI=1S/C23H21F4N7O2/c1-12-4-16(24)17(32-21(35)31-15-5-14(9-29-10-15)23(25,26)27)6-18(12)34-11-13-8-30-20(28-2)7-19(13)33(3)22(34)36/h4-10H,11H2,1-3H3,(H,28,30)(H2,31,32,35). The van der Waals surface area contributed by atoms with Crippen molar-refractivity contribution < 1.29 is 27.2 Å². The van der Waals surface area contributed by atoms with Gasteiger partial charge in [0.05, 0.1) is 41.1 Å². The number of fused-ring (bicyclic) bond motifs is 1. The van der Waals surface area contributed by atoms with Gasteiger partial charge in [0.2, 0.25) is 0 Å². The lowest BCUT2D eigenvalue weighted by molar-refractivity contribution is -0.137. The number of aromatic nitrogens is 2. The molecule has 0 bridgehead atoms. The van der Waals surface area contributed by atoms with Crippen LogP contribution in [0.4, 0.5) is 55.7 Å². The Morgan fingerprint density at radius 1 is 1.06 bits per heavy atom. The number of anilines is 5. The first-order valence-electron chi connectivity index (χ1n) is 10.6. The van der Waals surface area contributed by atoms with E-state index >= 15 is 0 Å². The number of carbonyl (C=O) groups is 2. The number of carbonyl (C=O) groups excluding carboxylic acids is 2. The number of pyridine rings is 2. The van der Waals surface area contributed by atoms with Gasteiger partial charge in [0.1, 0.15) is 11.6 Å². The molecule has 1 aromatic carbocycles. The summed E-state index contributed by atoms with van der Waals surface area (Å²) in [6.45, 7) is 1.77. The molecule has 0 aliphatic carbocycles. The van der Waals surface area contributed by atoms with Gasteiger partial charge < -0.3 is 16.0 Å². The van der Waals surface area contributed by atoms with E-state index in [4.69, 9.17) is 0 Å². The van der Waals surface area contributed by atoms with E-state index in [1.165, 1.54) is 15.9 Å². The molecular formula is C23H21F4N7O2. The normalized spacial score (nSPS) is 13.4. The van der Waals surface area contributed by atoms with Crippen LogP contribution in [-0.2, 0) is 12.7 Å². The first-order chi connectivity index (χ1) is 17.0. The molecule has 0 fully saturated rings. The monoisotopic (exact) mass is 503 g/mol. The fraction of sp³-hybridized carbons (Fsp3) is 0.217. The number of rotatable bonds is 4. The first-order valence-corrected chi connectivity index (χ1v) is 10.6. The fourth-order valence-electron chi connectivity index (χ4n) is 3.75. The lowest BCUT2D eigenvalue weighted by Gasteiger charge is -2.36. The van der Waals surface area contributed by atoms with Crippen LogP contribution >= 0.6 is 0 Å². The maximum Gasteiger partial charge on any atom is 0.417 e. The number of nitrogens with zero attached hydrogens (tertiary/aromatic N) is 4. The number of aryl methyl sites for hydroxylation is 1. The Balaban J connectivity index is 1.58. The second-order valence-corrected chi connectivity index (χ2v) is 8.03. The SMILES string of the molecule is CNc1cc2c(cn1)CN(c1cc(NC(=O)Nc3cncc(C(F)(F)F)c3)c(F)cc1C)C(=O)N2C. The topological polar surface area (TPSA) is 102 Å². The van der Waals surface area contributed by atoms with E-state index in [9.17, 15) is 27.2 Å². The molecule has 4 rings (SSSR count). The second kappa shape index (κ2) is 9.32. The highest BCUT2D eigenvalue weighted by atomic mass is 19.4. The Hall–Kier alpha value is -4.42. The number of nitrogens with one attached hydrogen (secondary N) is 3. The van der Waals surface area contributed by atoms with Crippen molar-refractivity contribution in [1.29, 1.82) is 0 Å². The lowest BCUT2D eigenvalue weighted by atomic mass is 10.1. The van der Waals surface area contributed by atoms with Gasteiger partial charge in [-0.25, -0.2) is 19.0 Å². The van der Waals surface area contributed by atoms with Crippen LogP contribution in [0.15, 0.2) is 42.9 Å². The third kappa shape index (κ3) is 4.85. The zero-order valence-electron chi connectivity index (χ0n) is 19.4. The third-order valence-electron chi connectivity index (χ3n) is 5.57. The molecule has 9 nitrogen and oxygen atoms in total. The molecule has 3 heterocycles. The van der Waals surface area contributed by atoms with Crippen LogP contribution in [0, 0.1) is 12.7 Å². The Kier molecular flexibility index (Phi) is 6.39. The van der Waals surface area contributed by atoms with Crippen molar-refractivity contribution in [2.24, 2.45) is 0 Å². The van der Waals surface area contributed by atoms with E-state index in [0.717, 1.165) is 17.8 Å². The average Bonchev–Trinajstić information content (AvgIpc) is 2.82. The molecule has 13 heteroatoms. The molecular weight excluding hydrogens is 482 g/mol. The van der Waals surface area contributed by atoms with E-state index < -0.39 is 23.6 Å². The highest BCUT2D eigenvalue weighted by Crippen LogP contribution is 2.35. The molecule has 4 amide bonds. The van der Waals surface area contributed by atoms with Crippen molar-refractivity contribution in [1.82, 2.24) is 9.97 Å². The number of benzene rings is 1. The summed E-state index contributed by atoms with van der Waals surface area (Å²) < 4.78 is 53.4. The minimum absolute atomic E-state index is 0.156. The summed E-state index contributed by atoms with van der Waals surface area (Å²) in [6.07, 6.45) is -1.37. The van der Waals surface area contributed by atoms with Crippen molar-refractivity contribution >= 4 is 40.6 Å². The number of amides is 4. The van der Waals surface area contributed by atoms with Crippen LogP contribution < -0.4 is 25.8 Å². The molecule has 0 spiro atoms. The molecule has 2 aromatic heterocycles. The minimum Gasteiger partial charge on any atom is -0.373 e. The van der Waals surface area contributed by atoms with Gasteiger partial charge in [0, 0.05) is 38.1 Å². The van der Waals surface area contributed by atoms with Crippen molar-refractivity contribution in [2.45, 2.75) is 19.6 Å². The van der Waals surface area contributed by atoms with Gasteiger partial charge in [-0.1, -0.05) is 0 Å². The molecule has 0 radical (unpaired) electrons. The Morgan fingerprint density at radius 2 is 1.81 bits per heavy atom. The number of urea groups is 2. The van der Waals surface area contributed by atoms with Crippen molar-refractivity contribution in [3.8, 4) is 0 Å². The number of hydrogen-bond donors (Lipinski definition) is 3. The summed E-state index contributed by atoms with van der Waals surface area (Å²) in [5, 5.41) is 7.39. The summed E-state index contributed by atoms with van der Waals surface area (Å²) in [7, 11) is 3.31. The molecule has 0 saturated heterocycles. The van der Waals surface area contributed by atoms with Crippen molar-refractivity contribution in [2.75, 3.05) is 39.8 Å². The molecule has 36 heavy (non-hydrogen) atoms. The van der Waals surface area contributed by atoms with Gasteiger partial charge in [0.25, 0.3) is 0 Å². The Morgan fingerprint density at radius 3 is 2.50 bits per heavy atom. The van der Waals surface area contributed by atoms with Crippen LogP contribution in [0.2, 0.25) is 0 Å². The largest absolute Gasteiger partial charge is 0.417 e. The Bertz CT molecular complexity index is 1350. The molecule has 0 unspecified atom stereocenters. The van der Waals surface area contributed by atoms with Gasteiger partial charge in [-0.3, -0.25) is 14.8 Å². The predicted octanol–water partition coefficient (Wildman–Crippen LogP) is 5.21. The zero-order chi connectivity index (χ0) is 26.2. The van der Waals surface area contributed by atoms with E-state index in [1.54, 1.807) is 33.3 Å². The predicted molar refractivity (Wildman–Crippen MR) is 127 cm³/mol. The van der Waals surface area contributed by atoms with Crippen molar-refractivity contribution in [3.63, 3.8) is 0 Å². The van der Waals surface area contributed by atoms with Crippen LogP contribution in [0.25, 0.3) is 0 Å². The molecule has 1 aliphatic heterocycles. The maximum atomic E-state index is 14.7. The summed E-state index contributed by atoms with van der Waals surface area (Å²) in [5.74, 6) is -0.194. The number of hydrogen-bond acceptors (Lipinski definition) is 5. The summed E-state index contributed by atoms with van der Waals surface area (Å²) in [6, 6.07) is 3.53. The number of alkyl halides is 3. The highest BCUT2D eigenvalue weighted by molar-refractivity contribution is 6.07. The van der Waals surface area contributed by atoms with E-state index in [2.05, 4.69) is 25.9 Å². The maximum absolute atomic E-state index is 14.7. The second-order valence-electron chi connectivity index (χ2n) is 8.03. The van der Waals surface area contributed by atoms with Crippen LogP contribution in [0.5, 0.6) is 0 Å². The molecule has 0 atom stereocenters. The third-order valence-corrected chi connectivity index (χ3v) is 5.57. The zero-order valence-corrected chi connectivity index (χ0v) is 19.4. The van der Waals surface area contributed by atoms with Crippen LogP contribution in [-0.4, -0.2) is 36.1 Å². The van der Waals surface area contributed by atoms with E-state index in [1.807, 2.05) is 0 Å². The summed E-state index contributed by atoms with van der Waals surface area (Å²) in [4.78, 5) is 36.1. The fourth-order valence-corrected chi connectivity index (χ4v) is 3.75. The highest BCUT2D eigenvalue weighted by Gasteiger charge is 2.32. The smallest absolute Gasteiger partial charge is 0.373 e. The lowest BCUT2D eigenvalue weighted by Crippen LogP contribution is -2.45. The molecule has 3 N–H and O–H groups in total. The summed E-state index contributed by atoms with van der Waals surface area (Å²) in [5.41, 5.74) is 0.657. The Labute approximate surface area is 203 Å². The van der Waals surface area contributed by atoms with Crippen LogP contribution in [0.3, 0.4) is 0 Å². The van der Waals surface area contributed by atoms with Gasteiger partial charge in [-0.15, -0.1) is 0 Å². The molecule has 188 valence electrons. The van der Waals surface area contributed by atoms with Gasteiger partial charge >= 0.3 is 18.2 Å². The summed E-state index contributed by atoms with van der Waals surface area (Å²) >= 11 is 0.